The molecule has 1 aliphatic carbocycles. The third-order valence-corrected chi connectivity index (χ3v) is 7.96. The van der Waals surface area contributed by atoms with Gasteiger partial charge in [0.1, 0.15) is 5.82 Å². The maximum atomic E-state index is 13.4. The van der Waals surface area contributed by atoms with Crippen molar-refractivity contribution < 1.29 is 37.9 Å². The normalized spacial score (nSPS) is 43.8. The van der Waals surface area contributed by atoms with Gasteiger partial charge in [-0.2, -0.15) is 0 Å². The molecule has 1 spiro atoms. The van der Waals surface area contributed by atoms with Crippen molar-refractivity contribution in [1.82, 2.24) is 0 Å². The Morgan fingerprint density at radius 2 is 1.88 bits per heavy atom. The van der Waals surface area contributed by atoms with Crippen LogP contribution in [0.5, 0.6) is 0 Å². The Bertz CT molecular complexity index is 862. The van der Waals surface area contributed by atoms with Crippen LogP contribution in [0.25, 0.3) is 0 Å². The number of fused-ring (bicyclic) bond motifs is 2. The van der Waals surface area contributed by atoms with Gasteiger partial charge in [0.15, 0.2) is 24.3 Å². The van der Waals surface area contributed by atoms with Crippen molar-refractivity contribution >= 4 is 5.97 Å². The van der Waals surface area contributed by atoms with E-state index < -0.39 is 41.9 Å². The summed E-state index contributed by atoms with van der Waals surface area (Å²) in [5.74, 6) is -1.18. The molecule has 1 aromatic carbocycles. The summed E-state index contributed by atoms with van der Waals surface area (Å²) in [6.45, 7) is 6.17. The predicted octanol–water partition coefficient (Wildman–Crippen LogP) is 4.26. The monoisotopic (exact) mass is 450 g/mol. The van der Waals surface area contributed by atoms with Gasteiger partial charge in [0.05, 0.1) is 7.11 Å². The van der Waals surface area contributed by atoms with Gasteiger partial charge in [0.2, 0.25) is 5.79 Å². The Hall–Kier alpha value is -1.58. The van der Waals surface area contributed by atoms with Crippen LogP contribution < -0.4 is 0 Å². The molecular formula is C24H31FO7. The van der Waals surface area contributed by atoms with E-state index in [9.17, 15) is 9.18 Å². The first-order valence-corrected chi connectivity index (χ1v) is 11.5. The van der Waals surface area contributed by atoms with Crippen molar-refractivity contribution in [2.75, 3.05) is 7.11 Å². The highest BCUT2D eigenvalue weighted by atomic mass is 19.1. The smallest absolute Gasteiger partial charge is 0.339 e. The van der Waals surface area contributed by atoms with Crippen molar-refractivity contribution in [3.8, 4) is 0 Å². The van der Waals surface area contributed by atoms with E-state index in [1.54, 1.807) is 0 Å². The first kappa shape index (κ1) is 22.2. The minimum atomic E-state index is -1.05. The molecule has 1 aromatic rings. The fourth-order valence-corrected chi connectivity index (χ4v) is 6.18. The summed E-state index contributed by atoms with van der Waals surface area (Å²) >= 11 is 0. The van der Waals surface area contributed by atoms with Crippen molar-refractivity contribution in [2.45, 2.75) is 76.5 Å². The molecule has 0 aromatic heterocycles. The molecule has 0 radical (unpaired) electrons. The van der Waals surface area contributed by atoms with Gasteiger partial charge in [0, 0.05) is 18.3 Å². The molecule has 4 saturated heterocycles. The number of esters is 1. The number of carbonyl (C=O) groups excluding carboxylic acids is 1. The minimum Gasteiger partial charge on any atom is -0.467 e. The van der Waals surface area contributed by atoms with E-state index in [2.05, 4.69) is 13.8 Å². The van der Waals surface area contributed by atoms with Gasteiger partial charge in [-0.05, 0) is 55.7 Å². The van der Waals surface area contributed by atoms with E-state index in [1.807, 2.05) is 6.92 Å². The number of ether oxygens (including phenoxy) is 4. The molecule has 5 fully saturated rings. The van der Waals surface area contributed by atoms with E-state index in [4.69, 9.17) is 28.7 Å². The lowest BCUT2D eigenvalue weighted by molar-refractivity contribution is -0.578. The molecule has 4 aliphatic heterocycles. The zero-order valence-electron chi connectivity index (χ0n) is 18.9. The van der Waals surface area contributed by atoms with Crippen LogP contribution >= 0.6 is 0 Å². The number of hydrogen-bond acceptors (Lipinski definition) is 7. The second kappa shape index (κ2) is 8.02. The van der Waals surface area contributed by atoms with Crippen LogP contribution in [0, 0.1) is 29.5 Å². The zero-order chi connectivity index (χ0) is 22.7. The lowest BCUT2D eigenvalue weighted by atomic mass is 9.58. The Balaban J connectivity index is 1.47. The standard InChI is InChI=1S/C24H31FO7/c1-13-5-10-18-14(2)21(28-19(20(26)27-4)15-6-8-16(25)9-7-15)29-22-24(18)17(13)11-12-23(3,30-22)31-32-24/h6-9,13-14,17-19,21-22H,5,10-12H2,1-4H3/t13-,14-,17?,18?,19?,21+,22-,23+,24-/m1/s1. The van der Waals surface area contributed by atoms with E-state index in [-0.39, 0.29) is 17.8 Å². The van der Waals surface area contributed by atoms with Gasteiger partial charge in [-0.1, -0.05) is 26.0 Å². The maximum absolute atomic E-state index is 13.4. The molecular weight excluding hydrogens is 419 g/mol. The van der Waals surface area contributed by atoms with E-state index in [1.165, 1.54) is 31.4 Å². The molecule has 2 bridgehead atoms. The minimum absolute atomic E-state index is 0.0709. The summed E-state index contributed by atoms with van der Waals surface area (Å²) in [4.78, 5) is 24.5. The number of carbonyl (C=O) groups is 1. The Kier molecular flexibility index (Phi) is 5.57. The summed E-state index contributed by atoms with van der Waals surface area (Å²) in [7, 11) is 1.30. The molecule has 0 N–H and O–H groups in total. The number of rotatable bonds is 4. The van der Waals surface area contributed by atoms with Gasteiger partial charge < -0.3 is 18.9 Å². The maximum Gasteiger partial charge on any atom is 0.339 e. The third kappa shape index (κ3) is 3.39. The van der Waals surface area contributed by atoms with Crippen molar-refractivity contribution in [3.05, 3.63) is 35.6 Å². The summed E-state index contributed by atoms with van der Waals surface area (Å²) < 4.78 is 37.4. The second-order valence-electron chi connectivity index (χ2n) is 9.86. The van der Waals surface area contributed by atoms with Gasteiger partial charge in [0.25, 0.3) is 0 Å². The van der Waals surface area contributed by atoms with Gasteiger partial charge in [-0.25, -0.2) is 19.0 Å². The van der Waals surface area contributed by atoms with Crippen LogP contribution in [-0.2, 0) is 33.5 Å². The lowest BCUT2D eigenvalue weighted by Crippen LogP contribution is -2.70. The van der Waals surface area contributed by atoms with Gasteiger partial charge in [-0.3, -0.25) is 0 Å². The van der Waals surface area contributed by atoms with E-state index in [0.717, 1.165) is 25.7 Å². The summed E-state index contributed by atoms with van der Waals surface area (Å²) in [5, 5.41) is 0. The molecule has 9 atom stereocenters. The SMILES string of the molecule is COC(=O)C(O[C@H]1O[C@@H]2O[C@]3(C)CCC4[C@H](C)CCC([C@H]1C)[C@]42OO3)c1ccc(F)cc1. The molecule has 0 amide bonds. The Morgan fingerprint density at radius 1 is 1.12 bits per heavy atom. The average molecular weight is 451 g/mol. The quantitative estimate of drug-likeness (QED) is 0.501. The summed E-state index contributed by atoms with van der Waals surface area (Å²) in [5.41, 5.74) is -0.205. The Labute approximate surface area is 187 Å². The molecule has 176 valence electrons. The first-order chi connectivity index (χ1) is 15.3. The molecule has 8 heteroatoms. The number of halogens is 1. The molecule has 4 heterocycles. The largest absolute Gasteiger partial charge is 0.467 e. The predicted molar refractivity (Wildman–Crippen MR) is 109 cm³/mol. The zero-order valence-corrected chi connectivity index (χ0v) is 18.9. The number of benzene rings is 1. The molecule has 5 aliphatic rings. The number of hydrogen-bond donors (Lipinski definition) is 0. The molecule has 1 saturated carbocycles. The lowest BCUT2D eigenvalue weighted by Gasteiger charge is -2.60. The second-order valence-corrected chi connectivity index (χ2v) is 9.86. The van der Waals surface area contributed by atoms with Crippen molar-refractivity contribution in [1.29, 1.82) is 0 Å². The average Bonchev–Trinajstić information content (AvgIpc) is 3.01. The third-order valence-electron chi connectivity index (χ3n) is 7.96. The van der Waals surface area contributed by atoms with Crippen LogP contribution in [0.1, 0.15) is 58.1 Å². The number of methoxy groups -OCH3 is 1. The molecule has 6 rings (SSSR count). The van der Waals surface area contributed by atoms with Crippen molar-refractivity contribution in [2.24, 2.45) is 23.7 Å². The highest BCUT2D eigenvalue weighted by Gasteiger charge is 2.69. The molecule has 7 nitrogen and oxygen atoms in total. The molecule has 3 unspecified atom stereocenters. The van der Waals surface area contributed by atoms with Crippen LogP contribution in [0.2, 0.25) is 0 Å². The van der Waals surface area contributed by atoms with Crippen LogP contribution in [0.3, 0.4) is 0 Å². The highest BCUT2D eigenvalue weighted by molar-refractivity contribution is 5.76. The van der Waals surface area contributed by atoms with Crippen molar-refractivity contribution in [3.63, 3.8) is 0 Å². The summed E-state index contributed by atoms with van der Waals surface area (Å²) in [6.07, 6.45) is 1.19. The van der Waals surface area contributed by atoms with Crippen LogP contribution in [-0.4, -0.2) is 37.0 Å². The fraction of sp³-hybridized carbons (Fsp3) is 0.708. The molecule has 32 heavy (non-hydrogen) atoms. The Morgan fingerprint density at radius 3 is 2.59 bits per heavy atom. The van der Waals surface area contributed by atoms with Crippen LogP contribution in [0.4, 0.5) is 4.39 Å². The van der Waals surface area contributed by atoms with E-state index >= 15 is 0 Å². The highest BCUT2D eigenvalue weighted by Crippen LogP contribution is 2.60. The topological polar surface area (TPSA) is 72.5 Å². The summed E-state index contributed by atoms with van der Waals surface area (Å²) in [6, 6.07) is 5.63. The fourth-order valence-electron chi connectivity index (χ4n) is 6.18. The van der Waals surface area contributed by atoms with E-state index in [0.29, 0.717) is 11.5 Å². The van der Waals surface area contributed by atoms with Crippen LogP contribution in [0.15, 0.2) is 24.3 Å². The van der Waals surface area contributed by atoms with Gasteiger partial charge >= 0.3 is 5.97 Å². The first-order valence-electron chi connectivity index (χ1n) is 11.5. The van der Waals surface area contributed by atoms with Gasteiger partial charge in [-0.15, -0.1) is 0 Å².